The Labute approximate surface area is 135 Å². The van der Waals surface area contributed by atoms with Crippen molar-refractivity contribution in [1.29, 1.82) is 0 Å². The third-order valence-corrected chi connectivity index (χ3v) is 4.21. The molecule has 0 spiro atoms. The zero-order valence-electron chi connectivity index (χ0n) is 13.2. The van der Waals surface area contributed by atoms with Crippen LogP contribution in [-0.2, 0) is 6.54 Å². The van der Waals surface area contributed by atoms with E-state index in [1.54, 1.807) is 6.20 Å². The molecule has 4 rings (SSSR count). The van der Waals surface area contributed by atoms with Crippen molar-refractivity contribution >= 4 is 5.52 Å². The SMILES string of the molecule is Cc1cc(OC2CCN(Cc3cc4ccccn4n3)C2)ccn1. The van der Waals surface area contributed by atoms with E-state index in [0.29, 0.717) is 0 Å². The highest BCUT2D eigenvalue weighted by Crippen LogP contribution is 2.20. The number of aryl methyl sites for hydroxylation is 1. The number of hydrogen-bond acceptors (Lipinski definition) is 4. The normalized spacial score (nSPS) is 18.6. The van der Waals surface area contributed by atoms with Crippen molar-refractivity contribution < 1.29 is 4.74 Å². The highest BCUT2D eigenvalue weighted by atomic mass is 16.5. The summed E-state index contributed by atoms with van der Waals surface area (Å²) in [4.78, 5) is 6.61. The molecule has 3 aromatic rings. The van der Waals surface area contributed by atoms with Crippen LogP contribution in [0.25, 0.3) is 5.52 Å². The molecular weight excluding hydrogens is 288 g/mol. The molecule has 118 valence electrons. The monoisotopic (exact) mass is 308 g/mol. The molecule has 23 heavy (non-hydrogen) atoms. The lowest BCUT2D eigenvalue weighted by Gasteiger charge is -2.16. The van der Waals surface area contributed by atoms with Crippen LogP contribution in [0.3, 0.4) is 0 Å². The molecule has 4 heterocycles. The first-order valence-electron chi connectivity index (χ1n) is 8.01. The van der Waals surface area contributed by atoms with Crippen molar-refractivity contribution in [3.8, 4) is 5.75 Å². The van der Waals surface area contributed by atoms with Crippen LogP contribution in [0.2, 0.25) is 0 Å². The quantitative estimate of drug-likeness (QED) is 0.743. The molecule has 0 amide bonds. The topological polar surface area (TPSA) is 42.7 Å². The second-order valence-electron chi connectivity index (χ2n) is 6.10. The lowest BCUT2D eigenvalue weighted by Crippen LogP contribution is -2.24. The summed E-state index contributed by atoms with van der Waals surface area (Å²) in [5.74, 6) is 0.914. The summed E-state index contributed by atoms with van der Waals surface area (Å²) < 4.78 is 8.01. The van der Waals surface area contributed by atoms with Gasteiger partial charge in [0.1, 0.15) is 11.9 Å². The van der Waals surface area contributed by atoms with Gasteiger partial charge in [-0.3, -0.25) is 9.88 Å². The molecule has 5 heteroatoms. The van der Waals surface area contributed by atoms with E-state index < -0.39 is 0 Å². The fourth-order valence-electron chi connectivity index (χ4n) is 3.12. The third-order valence-electron chi connectivity index (χ3n) is 4.21. The molecule has 3 aromatic heterocycles. The molecule has 5 nitrogen and oxygen atoms in total. The Morgan fingerprint density at radius 2 is 2.22 bits per heavy atom. The van der Waals surface area contributed by atoms with E-state index in [9.17, 15) is 0 Å². The van der Waals surface area contributed by atoms with E-state index in [4.69, 9.17) is 4.74 Å². The fourth-order valence-corrected chi connectivity index (χ4v) is 3.12. The summed E-state index contributed by atoms with van der Waals surface area (Å²) in [5.41, 5.74) is 3.24. The number of pyridine rings is 2. The first-order chi connectivity index (χ1) is 11.3. The Balaban J connectivity index is 1.38. The molecule has 1 aliphatic heterocycles. The Morgan fingerprint density at radius 3 is 3.09 bits per heavy atom. The van der Waals surface area contributed by atoms with Crippen LogP contribution < -0.4 is 4.74 Å². The third kappa shape index (κ3) is 3.19. The van der Waals surface area contributed by atoms with Gasteiger partial charge in [-0.2, -0.15) is 5.10 Å². The molecule has 0 saturated carbocycles. The van der Waals surface area contributed by atoms with Crippen molar-refractivity contribution in [3.63, 3.8) is 0 Å². The number of ether oxygens (including phenoxy) is 1. The Bertz CT molecular complexity index is 780. The van der Waals surface area contributed by atoms with Gasteiger partial charge in [0.2, 0.25) is 0 Å². The van der Waals surface area contributed by atoms with Gasteiger partial charge < -0.3 is 4.74 Å². The lowest BCUT2D eigenvalue weighted by molar-refractivity contribution is 0.197. The number of fused-ring (bicyclic) bond motifs is 1. The van der Waals surface area contributed by atoms with Crippen LogP contribution in [0.4, 0.5) is 0 Å². The van der Waals surface area contributed by atoms with Gasteiger partial charge in [0.25, 0.3) is 0 Å². The predicted molar refractivity (Wildman–Crippen MR) is 88.5 cm³/mol. The molecule has 1 saturated heterocycles. The van der Waals surface area contributed by atoms with Gasteiger partial charge in [0, 0.05) is 43.8 Å². The van der Waals surface area contributed by atoms with Crippen molar-refractivity contribution in [2.45, 2.75) is 26.0 Å². The standard InChI is InChI=1S/C18H20N4O/c1-14-10-17(5-7-19-14)23-18-6-9-21(13-18)12-15-11-16-4-2-3-8-22(16)20-15/h2-5,7-8,10-11,18H,6,9,12-13H2,1H3. The minimum absolute atomic E-state index is 0.244. The average molecular weight is 308 g/mol. The first kappa shape index (κ1) is 14.2. The Hall–Kier alpha value is -2.40. The van der Waals surface area contributed by atoms with Gasteiger partial charge in [-0.05, 0) is 37.6 Å². The highest BCUT2D eigenvalue weighted by Gasteiger charge is 2.24. The van der Waals surface area contributed by atoms with Gasteiger partial charge in [-0.25, -0.2) is 4.52 Å². The summed E-state index contributed by atoms with van der Waals surface area (Å²) in [7, 11) is 0. The number of rotatable bonds is 4. The molecule has 0 aromatic carbocycles. The van der Waals surface area contributed by atoms with Crippen molar-refractivity contribution in [3.05, 3.63) is 60.2 Å². The summed E-state index contributed by atoms with van der Waals surface area (Å²) in [6.45, 7) is 4.84. The van der Waals surface area contributed by atoms with Gasteiger partial charge in [-0.1, -0.05) is 6.07 Å². The number of aromatic nitrogens is 3. The highest BCUT2D eigenvalue weighted by molar-refractivity contribution is 5.46. The van der Waals surface area contributed by atoms with E-state index in [0.717, 1.165) is 48.7 Å². The fraction of sp³-hybridized carbons (Fsp3) is 0.333. The van der Waals surface area contributed by atoms with Crippen LogP contribution in [0.1, 0.15) is 17.8 Å². The molecule has 0 aliphatic carbocycles. The molecule has 0 bridgehead atoms. The minimum atomic E-state index is 0.244. The van der Waals surface area contributed by atoms with Crippen LogP contribution in [0, 0.1) is 6.92 Å². The van der Waals surface area contributed by atoms with Gasteiger partial charge >= 0.3 is 0 Å². The zero-order valence-corrected chi connectivity index (χ0v) is 13.2. The summed E-state index contributed by atoms with van der Waals surface area (Å²) in [5, 5.41) is 4.62. The van der Waals surface area contributed by atoms with Crippen LogP contribution in [0.5, 0.6) is 5.75 Å². The molecule has 1 unspecified atom stereocenters. The molecular formula is C18H20N4O. The molecule has 1 fully saturated rings. The van der Waals surface area contributed by atoms with Gasteiger partial charge in [0.05, 0.1) is 11.2 Å². The van der Waals surface area contributed by atoms with Crippen LogP contribution >= 0.6 is 0 Å². The number of hydrogen-bond donors (Lipinski definition) is 0. The van der Waals surface area contributed by atoms with Crippen molar-refractivity contribution in [2.75, 3.05) is 13.1 Å². The first-order valence-corrected chi connectivity index (χ1v) is 8.01. The van der Waals surface area contributed by atoms with Crippen molar-refractivity contribution in [1.82, 2.24) is 19.5 Å². The number of likely N-dealkylation sites (tertiary alicyclic amines) is 1. The van der Waals surface area contributed by atoms with Gasteiger partial charge in [0.15, 0.2) is 0 Å². The maximum Gasteiger partial charge on any atom is 0.123 e. The van der Waals surface area contributed by atoms with E-state index in [-0.39, 0.29) is 6.10 Å². The lowest BCUT2D eigenvalue weighted by atomic mass is 10.3. The smallest absolute Gasteiger partial charge is 0.123 e. The van der Waals surface area contributed by atoms with E-state index in [1.165, 1.54) is 0 Å². The van der Waals surface area contributed by atoms with E-state index in [1.807, 2.05) is 41.9 Å². The molecule has 1 atom stereocenters. The van der Waals surface area contributed by atoms with Crippen LogP contribution in [-0.4, -0.2) is 38.7 Å². The van der Waals surface area contributed by atoms with Crippen molar-refractivity contribution in [2.24, 2.45) is 0 Å². The van der Waals surface area contributed by atoms with Crippen LogP contribution in [0.15, 0.2) is 48.8 Å². The second kappa shape index (κ2) is 6.01. The van der Waals surface area contributed by atoms with E-state index >= 15 is 0 Å². The minimum Gasteiger partial charge on any atom is -0.489 e. The summed E-state index contributed by atoms with van der Waals surface area (Å²) in [6, 6.07) is 12.2. The molecule has 0 radical (unpaired) electrons. The summed E-state index contributed by atoms with van der Waals surface area (Å²) in [6.07, 6.45) is 5.08. The average Bonchev–Trinajstić information content (AvgIpc) is 3.13. The predicted octanol–water partition coefficient (Wildman–Crippen LogP) is 2.69. The zero-order chi connectivity index (χ0) is 15.6. The second-order valence-corrected chi connectivity index (χ2v) is 6.10. The largest absolute Gasteiger partial charge is 0.489 e. The number of nitrogens with zero attached hydrogens (tertiary/aromatic N) is 4. The molecule has 0 N–H and O–H groups in total. The van der Waals surface area contributed by atoms with Gasteiger partial charge in [-0.15, -0.1) is 0 Å². The maximum atomic E-state index is 6.08. The molecule has 1 aliphatic rings. The Morgan fingerprint density at radius 1 is 1.26 bits per heavy atom. The maximum absolute atomic E-state index is 6.08. The Kier molecular flexibility index (Phi) is 3.71. The van der Waals surface area contributed by atoms with E-state index in [2.05, 4.69) is 27.1 Å². The summed E-state index contributed by atoms with van der Waals surface area (Å²) >= 11 is 0.